The molecular formula is C21H31ClF3N3O2. The zero-order valence-electron chi connectivity index (χ0n) is 17.8. The number of carbonyl (C=O) groups is 2. The Labute approximate surface area is 181 Å². The minimum atomic E-state index is -4.61. The highest BCUT2D eigenvalue weighted by Crippen LogP contribution is 2.37. The van der Waals surface area contributed by atoms with E-state index in [1.165, 1.54) is 13.0 Å². The molecule has 170 valence electrons. The summed E-state index contributed by atoms with van der Waals surface area (Å²) >= 11 is 6.12. The van der Waals surface area contributed by atoms with E-state index >= 15 is 0 Å². The summed E-state index contributed by atoms with van der Waals surface area (Å²) in [6, 6.07) is 2.16. The second-order valence-corrected chi connectivity index (χ2v) is 7.58. The summed E-state index contributed by atoms with van der Waals surface area (Å²) in [6.45, 7) is 5.45. The van der Waals surface area contributed by atoms with E-state index in [4.69, 9.17) is 11.6 Å². The van der Waals surface area contributed by atoms with E-state index in [1.807, 2.05) is 18.9 Å². The van der Waals surface area contributed by atoms with E-state index in [9.17, 15) is 22.8 Å². The molecule has 0 radical (unpaired) electrons. The van der Waals surface area contributed by atoms with E-state index in [-0.39, 0.29) is 28.6 Å². The highest BCUT2D eigenvalue weighted by molar-refractivity contribution is 6.31. The van der Waals surface area contributed by atoms with E-state index < -0.39 is 17.5 Å². The van der Waals surface area contributed by atoms with Crippen molar-refractivity contribution < 1.29 is 22.8 Å². The summed E-state index contributed by atoms with van der Waals surface area (Å²) in [7, 11) is 1.86. The predicted octanol–water partition coefficient (Wildman–Crippen LogP) is 4.28. The van der Waals surface area contributed by atoms with Gasteiger partial charge in [-0.15, -0.1) is 0 Å². The number of rotatable bonds is 13. The smallest absolute Gasteiger partial charge is 0.356 e. The van der Waals surface area contributed by atoms with Gasteiger partial charge in [-0.2, -0.15) is 13.2 Å². The molecule has 0 aromatic heterocycles. The van der Waals surface area contributed by atoms with Crippen LogP contribution >= 0.6 is 11.6 Å². The molecular weight excluding hydrogens is 419 g/mol. The maximum Gasteiger partial charge on any atom is 0.416 e. The summed E-state index contributed by atoms with van der Waals surface area (Å²) in [5.74, 6) is -0.487. The molecule has 2 N–H and O–H groups in total. The first-order valence-corrected chi connectivity index (χ1v) is 10.5. The normalized spacial score (nSPS) is 11.7. The molecule has 0 aliphatic rings. The zero-order valence-corrected chi connectivity index (χ0v) is 18.6. The maximum absolute atomic E-state index is 13.5. The van der Waals surface area contributed by atoms with Crippen molar-refractivity contribution in [2.24, 2.45) is 0 Å². The Bertz CT molecular complexity index is 711. The van der Waals surface area contributed by atoms with Crippen LogP contribution in [-0.4, -0.2) is 49.8 Å². The van der Waals surface area contributed by atoms with Crippen molar-refractivity contribution >= 4 is 23.3 Å². The number of hydrogen-bond donors (Lipinski definition) is 2. The van der Waals surface area contributed by atoms with Crippen molar-refractivity contribution in [1.29, 1.82) is 0 Å². The lowest BCUT2D eigenvalue weighted by Gasteiger charge is -2.24. The Balaban J connectivity index is 2.67. The average Bonchev–Trinajstić information content (AvgIpc) is 2.67. The van der Waals surface area contributed by atoms with Crippen molar-refractivity contribution in [3.05, 3.63) is 33.8 Å². The molecule has 0 heterocycles. The topological polar surface area (TPSA) is 61.4 Å². The van der Waals surface area contributed by atoms with Crippen LogP contribution in [0.25, 0.3) is 0 Å². The summed E-state index contributed by atoms with van der Waals surface area (Å²) < 4.78 is 40.6. The summed E-state index contributed by atoms with van der Waals surface area (Å²) in [6.07, 6.45) is -1.79. The number of carbonyl (C=O) groups excluding carboxylic acids is 2. The Kier molecular flexibility index (Phi) is 11.4. The zero-order chi connectivity index (χ0) is 22.7. The molecule has 0 atom stereocenters. The van der Waals surface area contributed by atoms with Crippen LogP contribution in [0.15, 0.2) is 12.1 Å². The predicted molar refractivity (Wildman–Crippen MR) is 113 cm³/mol. The molecule has 1 amide bonds. The Morgan fingerprint density at radius 1 is 1.13 bits per heavy atom. The molecule has 0 spiro atoms. The third-order valence-electron chi connectivity index (χ3n) is 4.79. The van der Waals surface area contributed by atoms with Gasteiger partial charge in [0.15, 0.2) is 5.78 Å². The number of benzene rings is 1. The standard InChI is InChI=1S/C21H31ClF3N3O2/c1-4-28(11-7-10-27-20(30)8-5-6-9-26-3)14-17-18(21(23,24)25)12-16(15(2)29)13-19(17)22/h12-13,26H,4-11,14H2,1-3H3,(H,27,30). The fourth-order valence-corrected chi connectivity index (χ4v) is 3.31. The number of alkyl halides is 3. The monoisotopic (exact) mass is 449 g/mol. The van der Waals surface area contributed by atoms with Gasteiger partial charge in [0.1, 0.15) is 0 Å². The molecule has 0 fully saturated rings. The second kappa shape index (κ2) is 12.9. The summed E-state index contributed by atoms with van der Waals surface area (Å²) in [5, 5.41) is 5.80. The van der Waals surface area contributed by atoms with Gasteiger partial charge in [0.2, 0.25) is 5.91 Å². The molecule has 0 aliphatic heterocycles. The Morgan fingerprint density at radius 2 is 1.83 bits per heavy atom. The van der Waals surface area contributed by atoms with Gasteiger partial charge in [0.05, 0.1) is 5.56 Å². The van der Waals surface area contributed by atoms with Crippen LogP contribution in [0.3, 0.4) is 0 Å². The molecule has 9 heteroatoms. The molecule has 30 heavy (non-hydrogen) atoms. The molecule has 1 aromatic carbocycles. The van der Waals surface area contributed by atoms with E-state index in [0.29, 0.717) is 32.5 Å². The van der Waals surface area contributed by atoms with Crippen LogP contribution in [-0.2, 0) is 17.5 Å². The fourth-order valence-electron chi connectivity index (χ4n) is 3.03. The number of nitrogens with one attached hydrogen (secondary N) is 2. The molecule has 1 rings (SSSR count). The van der Waals surface area contributed by atoms with Crippen molar-refractivity contribution in [2.75, 3.05) is 33.2 Å². The van der Waals surface area contributed by atoms with Gasteiger partial charge >= 0.3 is 6.18 Å². The minimum Gasteiger partial charge on any atom is -0.356 e. The lowest BCUT2D eigenvalue weighted by atomic mass is 10.0. The van der Waals surface area contributed by atoms with Crippen LogP contribution in [0.5, 0.6) is 0 Å². The van der Waals surface area contributed by atoms with Crippen molar-refractivity contribution in [3.63, 3.8) is 0 Å². The van der Waals surface area contributed by atoms with Gasteiger partial charge in [0, 0.05) is 36.6 Å². The molecule has 0 saturated heterocycles. The first-order chi connectivity index (χ1) is 14.1. The third-order valence-corrected chi connectivity index (χ3v) is 5.13. The number of Topliss-reactive ketones (excluding diaryl/α,β-unsaturated/α-hetero) is 1. The first-order valence-electron chi connectivity index (χ1n) is 10.1. The summed E-state index contributed by atoms with van der Waals surface area (Å²) in [4.78, 5) is 25.1. The van der Waals surface area contributed by atoms with Gasteiger partial charge in [-0.1, -0.05) is 18.5 Å². The SMILES string of the molecule is CCN(CCCNC(=O)CCCCNC)Cc1c(Cl)cc(C(C)=O)cc1C(F)(F)F. The number of halogens is 4. The van der Waals surface area contributed by atoms with Gasteiger partial charge in [-0.05, 0) is 64.0 Å². The second-order valence-electron chi connectivity index (χ2n) is 7.17. The third kappa shape index (κ3) is 9.02. The van der Waals surface area contributed by atoms with Crippen LogP contribution in [0.2, 0.25) is 5.02 Å². The Hall–Kier alpha value is -1.64. The maximum atomic E-state index is 13.5. The number of ketones is 1. The van der Waals surface area contributed by atoms with Crippen LogP contribution in [0.1, 0.15) is 61.0 Å². The van der Waals surface area contributed by atoms with Crippen LogP contribution in [0, 0.1) is 0 Å². The highest BCUT2D eigenvalue weighted by Gasteiger charge is 2.35. The molecule has 1 aromatic rings. The summed E-state index contributed by atoms with van der Waals surface area (Å²) in [5.41, 5.74) is -0.977. The quantitative estimate of drug-likeness (QED) is 0.348. The highest BCUT2D eigenvalue weighted by atomic mass is 35.5. The van der Waals surface area contributed by atoms with Gasteiger partial charge in [0.25, 0.3) is 0 Å². The van der Waals surface area contributed by atoms with Crippen molar-refractivity contribution in [3.8, 4) is 0 Å². The number of amides is 1. The van der Waals surface area contributed by atoms with Crippen molar-refractivity contribution in [2.45, 2.75) is 52.3 Å². The first kappa shape index (κ1) is 26.4. The number of nitrogens with zero attached hydrogens (tertiary/aromatic N) is 1. The van der Waals surface area contributed by atoms with E-state index in [0.717, 1.165) is 25.5 Å². The molecule has 0 aliphatic carbocycles. The number of hydrogen-bond acceptors (Lipinski definition) is 4. The van der Waals surface area contributed by atoms with Crippen LogP contribution < -0.4 is 10.6 Å². The largest absolute Gasteiger partial charge is 0.416 e. The molecule has 0 bridgehead atoms. The average molecular weight is 450 g/mol. The molecule has 0 saturated carbocycles. The fraction of sp³-hybridized carbons (Fsp3) is 0.619. The van der Waals surface area contributed by atoms with Gasteiger partial charge < -0.3 is 10.6 Å². The van der Waals surface area contributed by atoms with Gasteiger partial charge in [-0.3, -0.25) is 14.5 Å². The molecule has 5 nitrogen and oxygen atoms in total. The lowest BCUT2D eigenvalue weighted by molar-refractivity contribution is -0.138. The van der Waals surface area contributed by atoms with E-state index in [1.54, 1.807) is 0 Å². The molecule has 0 unspecified atom stereocenters. The van der Waals surface area contributed by atoms with E-state index in [2.05, 4.69) is 10.6 Å². The van der Waals surface area contributed by atoms with Crippen LogP contribution in [0.4, 0.5) is 13.2 Å². The van der Waals surface area contributed by atoms with Gasteiger partial charge in [-0.25, -0.2) is 0 Å². The Morgan fingerprint density at radius 3 is 2.40 bits per heavy atom. The van der Waals surface area contributed by atoms with Crippen molar-refractivity contribution in [1.82, 2.24) is 15.5 Å². The minimum absolute atomic E-state index is 0.0142. The number of unbranched alkanes of at least 4 members (excludes halogenated alkanes) is 1. The lowest BCUT2D eigenvalue weighted by Crippen LogP contribution is -2.30.